The molecule has 0 atom stereocenters. The lowest BCUT2D eigenvalue weighted by Crippen LogP contribution is -2.17. The molecule has 0 aliphatic carbocycles. The lowest BCUT2D eigenvalue weighted by molar-refractivity contribution is -0.114. The van der Waals surface area contributed by atoms with E-state index in [9.17, 15) is 9.59 Å². The fourth-order valence-corrected chi connectivity index (χ4v) is 2.33. The molecule has 8 heteroatoms. The molecular weight excluding hydrogens is 278 g/mol. The predicted molar refractivity (Wildman–Crippen MR) is 77.0 cm³/mol. The van der Waals surface area contributed by atoms with Crippen LogP contribution in [0.25, 0.3) is 0 Å². The number of thiazole rings is 1. The second-order valence-corrected chi connectivity index (χ2v) is 5.29. The van der Waals surface area contributed by atoms with Crippen LogP contribution in [0.1, 0.15) is 37.3 Å². The maximum Gasteiger partial charge on any atom is 0.276 e. The standard InChI is InChI=1S/C12H15N5O2S/c1-7(2)17-10(4-5-13-17)16-11(19)9-6-20-12(15-9)14-8(3)18/h4-7H,1-3H3,(H,16,19)(H,14,15,18). The van der Waals surface area contributed by atoms with Crippen LogP contribution in [-0.4, -0.2) is 26.6 Å². The summed E-state index contributed by atoms with van der Waals surface area (Å²) in [6, 6.07) is 1.87. The average Bonchev–Trinajstić information content (AvgIpc) is 2.97. The van der Waals surface area contributed by atoms with Crippen molar-refractivity contribution in [2.75, 3.05) is 10.6 Å². The maximum absolute atomic E-state index is 12.1. The van der Waals surface area contributed by atoms with Gasteiger partial charge in [-0.25, -0.2) is 9.67 Å². The Hall–Kier alpha value is -2.22. The van der Waals surface area contributed by atoms with Crippen molar-refractivity contribution in [3.63, 3.8) is 0 Å². The zero-order valence-electron chi connectivity index (χ0n) is 11.4. The Balaban J connectivity index is 2.10. The van der Waals surface area contributed by atoms with E-state index < -0.39 is 0 Å². The fraction of sp³-hybridized carbons (Fsp3) is 0.333. The molecule has 0 bridgehead atoms. The minimum Gasteiger partial charge on any atom is -0.305 e. The van der Waals surface area contributed by atoms with Crippen LogP contribution in [0.2, 0.25) is 0 Å². The van der Waals surface area contributed by atoms with Crippen molar-refractivity contribution >= 4 is 34.1 Å². The van der Waals surface area contributed by atoms with Gasteiger partial charge in [0.15, 0.2) is 5.13 Å². The Morgan fingerprint density at radius 3 is 2.75 bits per heavy atom. The molecule has 2 rings (SSSR count). The summed E-state index contributed by atoms with van der Waals surface area (Å²) < 4.78 is 1.71. The number of amides is 2. The third kappa shape index (κ3) is 3.21. The Bertz CT molecular complexity index is 631. The minimum absolute atomic E-state index is 0.144. The number of carbonyl (C=O) groups is 2. The number of hydrogen-bond acceptors (Lipinski definition) is 5. The van der Waals surface area contributed by atoms with Gasteiger partial charge in [-0.15, -0.1) is 11.3 Å². The van der Waals surface area contributed by atoms with Crippen molar-refractivity contribution in [3.8, 4) is 0 Å². The second kappa shape index (κ2) is 5.83. The number of anilines is 2. The van der Waals surface area contributed by atoms with Crippen LogP contribution in [0.5, 0.6) is 0 Å². The summed E-state index contributed by atoms with van der Waals surface area (Å²) in [6.07, 6.45) is 1.62. The van der Waals surface area contributed by atoms with Crippen LogP contribution < -0.4 is 10.6 Å². The molecule has 0 saturated carbocycles. The van der Waals surface area contributed by atoms with E-state index in [1.165, 1.54) is 18.3 Å². The van der Waals surface area contributed by atoms with Gasteiger partial charge in [-0.3, -0.25) is 9.59 Å². The van der Waals surface area contributed by atoms with Crippen molar-refractivity contribution in [2.24, 2.45) is 0 Å². The summed E-state index contributed by atoms with van der Waals surface area (Å²) in [4.78, 5) is 27.0. The third-order valence-corrected chi connectivity index (χ3v) is 3.18. The van der Waals surface area contributed by atoms with Crippen LogP contribution in [0.3, 0.4) is 0 Å². The Morgan fingerprint density at radius 2 is 2.10 bits per heavy atom. The number of nitrogens with one attached hydrogen (secondary N) is 2. The van der Waals surface area contributed by atoms with Crippen LogP contribution in [0, 0.1) is 0 Å². The van der Waals surface area contributed by atoms with Gasteiger partial charge in [-0.1, -0.05) is 0 Å². The topological polar surface area (TPSA) is 88.9 Å². The molecule has 20 heavy (non-hydrogen) atoms. The van der Waals surface area contributed by atoms with E-state index >= 15 is 0 Å². The van der Waals surface area contributed by atoms with Crippen molar-refractivity contribution in [2.45, 2.75) is 26.8 Å². The predicted octanol–water partition coefficient (Wildman–Crippen LogP) is 2.13. The molecule has 106 valence electrons. The van der Waals surface area contributed by atoms with Gasteiger partial charge in [0, 0.05) is 24.4 Å². The highest BCUT2D eigenvalue weighted by Crippen LogP contribution is 2.18. The molecule has 2 N–H and O–H groups in total. The SMILES string of the molecule is CC(=O)Nc1nc(C(=O)Nc2ccnn2C(C)C)cs1. The van der Waals surface area contributed by atoms with E-state index in [0.717, 1.165) is 0 Å². The first kappa shape index (κ1) is 14.2. The van der Waals surface area contributed by atoms with Crippen LogP contribution in [-0.2, 0) is 4.79 Å². The summed E-state index contributed by atoms with van der Waals surface area (Å²) in [7, 11) is 0. The highest BCUT2D eigenvalue weighted by molar-refractivity contribution is 7.14. The first-order valence-electron chi connectivity index (χ1n) is 6.05. The number of nitrogens with zero attached hydrogens (tertiary/aromatic N) is 3. The smallest absolute Gasteiger partial charge is 0.276 e. The van der Waals surface area contributed by atoms with Crippen LogP contribution in [0.4, 0.5) is 10.9 Å². The van der Waals surface area contributed by atoms with Gasteiger partial charge in [0.05, 0.1) is 6.20 Å². The van der Waals surface area contributed by atoms with Crippen molar-refractivity contribution in [1.82, 2.24) is 14.8 Å². The van der Waals surface area contributed by atoms with Gasteiger partial charge in [-0.2, -0.15) is 5.10 Å². The zero-order valence-corrected chi connectivity index (χ0v) is 12.2. The largest absolute Gasteiger partial charge is 0.305 e. The first-order chi connectivity index (χ1) is 9.47. The van der Waals surface area contributed by atoms with E-state index in [2.05, 4.69) is 20.7 Å². The lowest BCUT2D eigenvalue weighted by atomic mass is 10.4. The van der Waals surface area contributed by atoms with E-state index in [-0.39, 0.29) is 23.6 Å². The Labute approximate surface area is 120 Å². The number of rotatable bonds is 4. The molecule has 0 aliphatic heterocycles. The molecule has 0 spiro atoms. The number of hydrogen-bond donors (Lipinski definition) is 2. The maximum atomic E-state index is 12.1. The van der Waals surface area contributed by atoms with Crippen molar-refractivity contribution < 1.29 is 9.59 Å². The van der Waals surface area contributed by atoms with Crippen molar-refractivity contribution in [3.05, 3.63) is 23.3 Å². The Kier molecular flexibility index (Phi) is 4.14. The highest BCUT2D eigenvalue weighted by Gasteiger charge is 2.14. The lowest BCUT2D eigenvalue weighted by Gasteiger charge is -2.10. The van der Waals surface area contributed by atoms with Gasteiger partial charge < -0.3 is 10.6 Å². The molecule has 0 unspecified atom stereocenters. The van der Waals surface area contributed by atoms with E-state index in [1.54, 1.807) is 22.3 Å². The van der Waals surface area contributed by atoms with Gasteiger partial charge in [0.1, 0.15) is 11.5 Å². The fourth-order valence-electron chi connectivity index (χ4n) is 1.59. The summed E-state index contributed by atoms with van der Waals surface area (Å²) in [5.74, 6) is 0.0588. The average molecular weight is 293 g/mol. The molecule has 2 aromatic heterocycles. The summed E-state index contributed by atoms with van der Waals surface area (Å²) in [5, 5.41) is 11.4. The molecule has 2 aromatic rings. The molecule has 0 fully saturated rings. The molecule has 0 aliphatic rings. The number of aromatic nitrogens is 3. The highest BCUT2D eigenvalue weighted by atomic mass is 32.1. The van der Waals surface area contributed by atoms with E-state index in [1.807, 2.05) is 13.8 Å². The van der Waals surface area contributed by atoms with Crippen molar-refractivity contribution in [1.29, 1.82) is 0 Å². The van der Waals surface area contributed by atoms with Crippen LogP contribution in [0.15, 0.2) is 17.6 Å². The van der Waals surface area contributed by atoms with Crippen LogP contribution >= 0.6 is 11.3 Å². The zero-order chi connectivity index (χ0) is 14.7. The van der Waals surface area contributed by atoms with E-state index in [4.69, 9.17) is 0 Å². The van der Waals surface area contributed by atoms with Gasteiger partial charge >= 0.3 is 0 Å². The third-order valence-electron chi connectivity index (χ3n) is 2.42. The molecule has 0 radical (unpaired) electrons. The molecule has 7 nitrogen and oxygen atoms in total. The molecule has 0 aromatic carbocycles. The van der Waals surface area contributed by atoms with Gasteiger partial charge in [-0.05, 0) is 13.8 Å². The molecule has 2 amide bonds. The molecule has 2 heterocycles. The quantitative estimate of drug-likeness (QED) is 0.903. The summed E-state index contributed by atoms with van der Waals surface area (Å²) in [6.45, 7) is 5.34. The molecular formula is C12H15N5O2S. The van der Waals surface area contributed by atoms with E-state index in [0.29, 0.717) is 10.9 Å². The summed E-state index contributed by atoms with van der Waals surface area (Å²) in [5.41, 5.74) is 0.259. The summed E-state index contributed by atoms with van der Waals surface area (Å²) >= 11 is 1.20. The number of carbonyl (C=O) groups excluding carboxylic acids is 2. The monoisotopic (exact) mass is 293 g/mol. The first-order valence-corrected chi connectivity index (χ1v) is 6.93. The van der Waals surface area contributed by atoms with Gasteiger partial charge in [0.25, 0.3) is 5.91 Å². The van der Waals surface area contributed by atoms with Gasteiger partial charge in [0.2, 0.25) is 5.91 Å². The normalized spacial score (nSPS) is 10.6. The second-order valence-electron chi connectivity index (χ2n) is 4.43. The Morgan fingerprint density at radius 1 is 1.35 bits per heavy atom. The minimum atomic E-state index is -0.333. The molecule has 0 saturated heterocycles.